The van der Waals surface area contributed by atoms with Gasteiger partial charge in [0.1, 0.15) is 11.5 Å². The Hall–Kier alpha value is -2.06. The smallest absolute Gasteiger partial charge is 0.261 e. The largest absolute Gasteiger partial charge is 0.497 e. The molecule has 1 aliphatic rings. The number of benzene rings is 2. The fraction of sp³-hybridized carbons (Fsp3) is 0.250. The van der Waals surface area contributed by atoms with Crippen LogP contribution >= 0.6 is 11.8 Å². The first kappa shape index (κ1) is 16.8. The number of rotatable bonds is 5. The molecule has 0 bridgehead atoms. The summed E-state index contributed by atoms with van der Waals surface area (Å²) in [6.45, 7) is 0.821. The molecule has 1 heterocycles. The predicted octanol–water partition coefficient (Wildman–Crippen LogP) is 3.02. The summed E-state index contributed by atoms with van der Waals surface area (Å²) in [5, 5.41) is 3.22. The van der Waals surface area contributed by atoms with Gasteiger partial charge in [-0.3, -0.25) is 4.72 Å². The van der Waals surface area contributed by atoms with Gasteiger partial charge in [-0.1, -0.05) is 0 Å². The van der Waals surface area contributed by atoms with Gasteiger partial charge in [0.15, 0.2) is 0 Å². The highest BCUT2D eigenvalue weighted by molar-refractivity contribution is 7.99. The van der Waals surface area contributed by atoms with Crippen LogP contribution in [0.2, 0.25) is 0 Å². The molecule has 0 radical (unpaired) electrons. The van der Waals surface area contributed by atoms with Gasteiger partial charge in [-0.2, -0.15) is 0 Å². The molecule has 8 heteroatoms. The van der Waals surface area contributed by atoms with Crippen LogP contribution in [-0.2, 0) is 10.0 Å². The maximum Gasteiger partial charge on any atom is 0.261 e. The Morgan fingerprint density at radius 1 is 1.08 bits per heavy atom. The third-order valence-corrected chi connectivity index (χ3v) is 5.99. The number of fused-ring (bicyclic) bond motifs is 1. The molecule has 2 aromatic rings. The third kappa shape index (κ3) is 3.54. The van der Waals surface area contributed by atoms with E-state index >= 15 is 0 Å². The molecule has 0 spiro atoms. The summed E-state index contributed by atoms with van der Waals surface area (Å²) in [6.07, 6.45) is 0. The van der Waals surface area contributed by atoms with Crippen molar-refractivity contribution in [2.24, 2.45) is 0 Å². The van der Waals surface area contributed by atoms with Crippen LogP contribution in [0, 0.1) is 0 Å². The van der Waals surface area contributed by atoms with Gasteiger partial charge in [0, 0.05) is 41.1 Å². The van der Waals surface area contributed by atoms with Crippen molar-refractivity contribution in [3.63, 3.8) is 0 Å². The molecule has 0 amide bonds. The van der Waals surface area contributed by atoms with Crippen molar-refractivity contribution in [3.05, 3.63) is 36.4 Å². The predicted molar refractivity (Wildman–Crippen MR) is 96.0 cm³/mol. The maximum absolute atomic E-state index is 12.7. The van der Waals surface area contributed by atoms with Crippen LogP contribution < -0.4 is 19.5 Å². The topological polar surface area (TPSA) is 76.7 Å². The molecule has 1 aliphatic heterocycles. The van der Waals surface area contributed by atoms with Crippen LogP contribution in [0.3, 0.4) is 0 Å². The highest BCUT2D eigenvalue weighted by atomic mass is 32.2. The van der Waals surface area contributed by atoms with Crippen molar-refractivity contribution < 1.29 is 17.9 Å². The Balaban J connectivity index is 1.91. The van der Waals surface area contributed by atoms with Gasteiger partial charge in [0.2, 0.25) is 0 Å². The van der Waals surface area contributed by atoms with E-state index in [1.165, 1.54) is 14.2 Å². The zero-order chi connectivity index (χ0) is 17.2. The van der Waals surface area contributed by atoms with Gasteiger partial charge in [0.05, 0.1) is 24.8 Å². The summed E-state index contributed by atoms with van der Waals surface area (Å²) in [5.74, 6) is 1.99. The van der Waals surface area contributed by atoms with E-state index in [2.05, 4.69) is 10.0 Å². The Labute approximate surface area is 145 Å². The average molecular weight is 366 g/mol. The summed E-state index contributed by atoms with van der Waals surface area (Å²) in [7, 11) is -0.680. The molecule has 2 aromatic carbocycles. The van der Waals surface area contributed by atoms with E-state index in [1.807, 2.05) is 6.07 Å². The number of sulfonamides is 1. The summed E-state index contributed by atoms with van der Waals surface area (Å²) < 4.78 is 38.2. The van der Waals surface area contributed by atoms with Crippen molar-refractivity contribution in [3.8, 4) is 11.5 Å². The number of methoxy groups -OCH3 is 2. The summed E-state index contributed by atoms with van der Waals surface area (Å²) in [5.41, 5.74) is 1.23. The van der Waals surface area contributed by atoms with Crippen LogP contribution in [0.25, 0.3) is 0 Å². The van der Waals surface area contributed by atoms with Crippen molar-refractivity contribution in [1.29, 1.82) is 0 Å². The molecule has 0 saturated heterocycles. The molecular formula is C16H18N2O4S2. The Morgan fingerprint density at radius 2 is 1.79 bits per heavy atom. The summed E-state index contributed by atoms with van der Waals surface area (Å²) >= 11 is 1.71. The van der Waals surface area contributed by atoms with E-state index in [9.17, 15) is 8.42 Å². The average Bonchev–Trinajstić information content (AvgIpc) is 2.60. The van der Waals surface area contributed by atoms with Crippen LogP contribution in [0.15, 0.2) is 46.2 Å². The Kier molecular flexibility index (Phi) is 4.77. The maximum atomic E-state index is 12.7. The minimum Gasteiger partial charge on any atom is -0.497 e. The molecule has 0 aliphatic carbocycles. The Morgan fingerprint density at radius 3 is 2.46 bits per heavy atom. The van der Waals surface area contributed by atoms with Crippen LogP contribution in [0.5, 0.6) is 11.5 Å². The highest BCUT2D eigenvalue weighted by Crippen LogP contribution is 2.33. The normalized spacial score (nSPS) is 13.6. The summed E-state index contributed by atoms with van der Waals surface area (Å²) in [4.78, 5) is 1.27. The van der Waals surface area contributed by atoms with Gasteiger partial charge in [-0.15, -0.1) is 11.8 Å². The van der Waals surface area contributed by atoms with Gasteiger partial charge in [0.25, 0.3) is 10.0 Å². The minimum atomic E-state index is -3.71. The fourth-order valence-corrected chi connectivity index (χ4v) is 4.31. The number of nitrogens with one attached hydrogen (secondary N) is 2. The van der Waals surface area contributed by atoms with E-state index in [0.29, 0.717) is 17.2 Å². The number of hydrogen-bond donors (Lipinski definition) is 2. The highest BCUT2D eigenvalue weighted by Gasteiger charge is 2.18. The first-order chi connectivity index (χ1) is 11.5. The zero-order valence-corrected chi connectivity index (χ0v) is 15.0. The van der Waals surface area contributed by atoms with Crippen LogP contribution in [-0.4, -0.2) is 34.9 Å². The third-order valence-electron chi connectivity index (χ3n) is 3.54. The standard InChI is InChI=1S/C16H18N2O4S2/c1-21-12-7-11(8-13(9-12)22-2)18-24(19,20)14-3-4-16-15(10-14)17-5-6-23-16/h3-4,7-10,17-18H,5-6H2,1-2H3. The lowest BCUT2D eigenvalue weighted by Crippen LogP contribution is -2.15. The van der Waals surface area contributed by atoms with Crippen molar-refractivity contribution >= 4 is 33.2 Å². The van der Waals surface area contributed by atoms with Crippen molar-refractivity contribution in [1.82, 2.24) is 0 Å². The quantitative estimate of drug-likeness (QED) is 0.847. The second-order valence-corrected chi connectivity index (χ2v) is 7.96. The number of thioether (sulfide) groups is 1. The molecule has 0 saturated carbocycles. The van der Waals surface area contributed by atoms with E-state index in [4.69, 9.17) is 9.47 Å². The lowest BCUT2D eigenvalue weighted by Gasteiger charge is -2.18. The van der Waals surface area contributed by atoms with Gasteiger partial charge >= 0.3 is 0 Å². The van der Waals surface area contributed by atoms with E-state index in [-0.39, 0.29) is 4.90 Å². The number of hydrogen-bond acceptors (Lipinski definition) is 6. The van der Waals surface area contributed by atoms with Gasteiger partial charge in [-0.25, -0.2) is 8.42 Å². The van der Waals surface area contributed by atoms with Crippen LogP contribution in [0.4, 0.5) is 11.4 Å². The summed E-state index contributed by atoms with van der Waals surface area (Å²) in [6, 6.07) is 9.98. The first-order valence-corrected chi connectivity index (χ1v) is 9.75. The molecule has 6 nitrogen and oxygen atoms in total. The van der Waals surface area contributed by atoms with Crippen molar-refractivity contribution in [2.45, 2.75) is 9.79 Å². The van der Waals surface area contributed by atoms with E-state index in [0.717, 1.165) is 22.9 Å². The van der Waals surface area contributed by atoms with Gasteiger partial charge < -0.3 is 14.8 Å². The number of ether oxygens (including phenoxy) is 2. The number of anilines is 2. The lowest BCUT2D eigenvalue weighted by molar-refractivity contribution is 0.395. The Bertz CT molecular complexity index is 831. The van der Waals surface area contributed by atoms with Gasteiger partial charge in [-0.05, 0) is 18.2 Å². The molecular weight excluding hydrogens is 348 g/mol. The minimum absolute atomic E-state index is 0.207. The molecule has 0 atom stereocenters. The van der Waals surface area contributed by atoms with Crippen LogP contribution in [0.1, 0.15) is 0 Å². The molecule has 128 valence electrons. The second kappa shape index (κ2) is 6.82. The molecule has 0 unspecified atom stereocenters. The monoisotopic (exact) mass is 366 g/mol. The molecule has 0 aromatic heterocycles. The molecule has 2 N–H and O–H groups in total. The van der Waals surface area contributed by atoms with E-state index in [1.54, 1.807) is 42.1 Å². The molecule has 0 fully saturated rings. The molecule has 24 heavy (non-hydrogen) atoms. The molecule has 3 rings (SSSR count). The SMILES string of the molecule is COc1cc(NS(=O)(=O)c2ccc3c(c2)NCCS3)cc(OC)c1. The van der Waals surface area contributed by atoms with E-state index < -0.39 is 10.0 Å². The second-order valence-electron chi connectivity index (χ2n) is 5.14. The first-order valence-electron chi connectivity index (χ1n) is 7.28. The fourth-order valence-electron chi connectivity index (χ4n) is 2.37. The zero-order valence-electron chi connectivity index (χ0n) is 13.3. The lowest BCUT2D eigenvalue weighted by atomic mass is 10.3. The van der Waals surface area contributed by atoms with Crippen molar-refractivity contribution in [2.75, 3.05) is 36.6 Å².